The van der Waals surface area contributed by atoms with Crippen molar-refractivity contribution < 1.29 is 17.9 Å². The van der Waals surface area contributed by atoms with Crippen molar-refractivity contribution in [3.05, 3.63) is 28.7 Å². The van der Waals surface area contributed by atoms with Crippen LogP contribution >= 0.6 is 15.9 Å². The molecule has 1 aliphatic carbocycles. The van der Waals surface area contributed by atoms with Gasteiger partial charge in [0.15, 0.2) is 5.79 Å². The van der Waals surface area contributed by atoms with E-state index in [1.54, 1.807) is 24.3 Å². The van der Waals surface area contributed by atoms with Gasteiger partial charge in [-0.05, 0) is 31.0 Å². The first-order valence-corrected chi connectivity index (χ1v) is 9.33. The van der Waals surface area contributed by atoms with E-state index in [1.807, 2.05) is 0 Å². The van der Waals surface area contributed by atoms with E-state index in [1.165, 1.54) is 0 Å². The first-order valence-electron chi connectivity index (χ1n) is 7.05. The highest BCUT2D eigenvalue weighted by molar-refractivity contribution is 9.10. The van der Waals surface area contributed by atoms with Gasteiger partial charge in [-0.25, -0.2) is 13.1 Å². The smallest absolute Gasteiger partial charge is 0.240 e. The minimum atomic E-state index is -3.48. The Morgan fingerprint density at radius 1 is 1.19 bits per heavy atom. The van der Waals surface area contributed by atoms with Crippen molar-refractivity contribution in [3.8, 4) is 0 Å². The van der Waals surface area contributed by atoms with Crippen LogP contribution < -0.4 is 4.72 Å². The second kappa shape index (κ2) is 5.96. The Balaban J connectivity index is 1.64. The zero-order valence-electron chi connectivity index (χ0n) is 11.5. The van der Waals surface area contributed by atoms with Crippen LogP contribution in [-0.4, -0.2) is 33.5 Å². The molecule has 0 radical (unpaired) electrons. The molecule has 0 bridgehead atoms. The maximum absolute atomic E-state index is 12.4. The van der Waals surface area contributed by atoms with Crippen molar-refractivity contribution in [1.82, 2.24) is 4.72 Å². The summed E-state index contributed by atoms with van der Waals surface area (Å²) < 4.78 is 39.6. The van der Waals surface area contributed by atoms with Crippen LogP contribution in [-0.2, 0) is 19.5 Å². The number of nitrogens with one attached hydrogen (secondary N) is 1. The van der Waals surface area contributed by atoms with Crippen molar-refractivity contribution in [1.29, 1.82) is 0 Å². The van der Waals surface area contributed by atoms with Gasteiger partial charge in [0.25, 0.3) is 0 Å². The number of ether oxygens (including phenoxy) is 2. The lowest BCUT2D eigenvalue weighted by molar-refractivity contribution is -0.178. The van der Waals surface area contributed by atoms with Crippen molar-refractivity contribution in [2.75, 3.05) is 13.2 Å². The summed E-state index contributed by atoms with van der Waals surface area (Å²) in [4.78, 5) is 0.283. The minimum absolute atomic E-state index is 0.0626. The maximum Gasteiger partial charge on any atom is 0.240 e. The molecule has 0 aromatic heterocycles. The molecular formula is C14H18BrNO4S. The van der Waals surface area contributed by atoms with Gasteiger partial charge in [-0.15, -0.1) is 0 Å². The molecule has 1 aliphatic heterocycles. The standard InChI is InChI=1S/C14H18BrNO4S/c15-11-2-1-3-13(10-11)21(17,18)16-12-4-6-14(7-5-12)19-8-9-20-14/h1-3,10,12,16H,4-9H2. The molecule has 1 heterocycles. The number of sulfonamides is 1. The number of rotatable bonds is 3. The third-order valence-electron chi connectivity index (χ3n) is 3.99. The van der Waals surface area contributed by atoms with Gasteiger partial charge in [0.05, 0.1) is 18.1 Å². The molecule has 0 amide bonds. The number of hydrogen-bond donors (Lipinski definition) is 1. The monoisotopic (exact) mass is 375 g/mol. The summed E-state index contributed by atoms with van der Waals surface area (Å²) in [5, 5.41) is 0. The fraction of sp³-hybridized carbons (Fsp3) is 0.571. The van der Waals surface area contributed by atoms with Crippen LogP contribution in [0.15, 0.2) is 33.6 Å². The quantitative estimate of drug-likeness (QED) is 0.880. The molecule has 0 unspecified atom stereocenters. The van der Waals surface area contributed by atoms with E-state index in [9.17, 15) is 8.42 Å². The predicted molar refractivity (Wildman–Crippen MR) is 81.4 cm³/mol. The lowest BCUT2D eigenvalue weighted by Gasteiger charge is -2.35. The van der Waals surface area contributed by atoms with Crippen molar-refractivity contribution in [2.45, 2.75) is 42.4 Å². The number of halogens is 1. The predicted octanol–water partition coefficient (Wildman–Crippen LogP) is 2.41. The molecule has 7 heteroatoms. The lowest BCUT2D eigenvalue weighted by atomic mass is 9.91. The lowest BCUT2D eigenvalue weighted by Crippen LogP contribution is -2.43. The Morgan fingerprint density at radius 3 is 2.48 bits per heavy atom. The topological polar surface area (TPSA) is 64.6 Å². The van der Waals surface area contributed by atoms with E-state index in [0.29, 0.717) is 13.2 Å². The largest absolute Gasteiger partial charge is 0.348 e. The Morgan fingerprint density at radius 2 is 1.86 bits per heavy atom. The van der Waals surface area contributed by atoms with E-state index in [2.05, 4.69) is 20.7 Å². The molecule has 21 heavy (non-hydrogen) atoms. The molecule has 116 valence electrons. The summed E-state index contributed by atoms with van der Waals surface area (Å²) >= 11 is 3.30. The average molecular weight is 376 g/mol. The van der Waals surface area contributed by atoms with E-state index >= 15 is 0 Å². The van der Waals surface area contributed by atoms with Crippen LogP contribution in [0.25, 0.3) is 0 Å². The van der Waals surface area contributed by atoms with Crippen LogP contribution in [0, 0.1) is 0 Å². The summed E-state index contributed by atoms with van der Waals surface area (Å²) in [5.41, 5.74) is 0. The Labute approximate surface area is 133 Å². The van der Waals surface area contributed by atoms with E-state index < -0.39 is 15.8 Å². The zero-order valence-corrected chi connectivity index (χ0v) is 14.0. The van der Waals surface area contributed by atoms with Gasteiger partial charge in [-0.3, -0.25) is 0 Å². The second-order valence-corrected chi connectivity index (χ2v) is 8.09. The summed E-state index contributed by atoms with van der Waals surface area (Å²) in [6, 6.07) is 6.66. The Bertz CT molecular complexity index is 603. The SMILES string of the molecule is O=S(=O)(NC1CCC2(CC1)OCCO2)c1cccc(Br)c1. The molecule has 2 aliphatic rings. The zero-order chi connectivity index (χ0) is 14.9. The van der Waals surface area contributed by atoms with Crippen LogP contribution in [0.4, 0.5) is 0 Å². The van der Waals surface area contributed by atoms with Gasteiger partial charge in [0.2, 0.25) is 10.0 Å². The van der Waals surface area contributed by atoms with Crippen LogP contribution in [0.2, 0.25) is 0 Å². The highest BCUT2D eigenvalue weighted by Gasteiger charge is 2.41. The molecule has 0 atom stereocenters. The maximum atomic E-state index is 12.4. The van der Waals surface area contributed by atoms with Gasteiger partial charge >= 0.3 is 0 Å². The van der Waals surface area contributed by atoms with Crippen molar-refractivity contribution in [3.63, 3.8) is 0 Å². The van der Waals surface area contributed by atoms with Gasteiger partial charge in [0.1, 0.15) is 0 Å². The van der Waals surface area contributed by atoms with E-state index in [0.717, 1.165) is 30.2 Å². The van der Waals surface area contributed by atoms with Crippen LogP contribution in [0.1, 0.15) is 25.7 Å². The van der Waals surface area contributed by atoms with Crippen LogP contribution in [0.5, 0.6) is 0 Å². The fourth-order valence-corrected chi connectivity index (χ4v) is 4.78. The molecule has 1 N–H and O–H groups in total. The normalized spacial score (nSPS) is 22.7. The molecule has 1 saturated carbocycles. The average Bonchev–Trinajstić information content (AvgIpc) is 2.90. The van der Waals surface area contributed by atoms with Gasteiger partial charge < -0.3 is 9.47 Å². The molecule has 5 nitrogen and oxygen atoms in total. The minimum Gasteiger partial charge on any atom is -0.348 e. The summed E-state index contributed by atoms with van der Waals surface area (Å²) in [6.45, 7) is 1.27. The molecule has 2 fully saturated rings. The third kappa shape index (κ3) is 3.48. The van der Waals surface area contributed by atoms with Crippen LogP contribution in [0.3, 0.4) is 0 Å². The second-order valence-electron chi connectivity index (χ2n) is 5.46. The summed E-state index contributed by atoms with van der Waals surface area (Å²) in [7, 11) is -3.48. The highest BCUT2D eigenvalue weighted by atomic mass is 79.9. The van der Waals surface area contributed by atoms with Gasteiger partial charge in [-0.1, -0.05) is 22.0 Å². The third-order valence-corrected chi connectivity index (χ3v) is 6.00. The summed E-state index contributed by atoms with van der Waals surface area (Å²) in [6.07, 6.45) is 2.93. The number of benzene rings is 1. The Hall–Kier alpha value is -0.470. The van der Waals surface area contributed by atoms with Gasteiger partial charge in [0, 0.05) is 23.4 Å². The molecule has 1 spiro atoms. The number of hydrogen-bond acceptors (Lipinski definition) is 4. The first-order chi connectivity index (χ1) is 9.99. The first kappa shape index (κ1) is 15.4. The van der Waals surface area contributed by atoms with Gasteiger partial charge in [-0.2, -0.15) is 0 Å². The molecule has 3 rings (SSSR count). The van der Waals surface area contributed by atoms with Crippen molar-refractivity contribution >= 4 is 26.0 Å². The van der Waals surface area contributed by atoms with E-state index in [-0.39, 0.29) is 10.9 Å². The molecule has 1 saturated heterocycles. The molecular weight excluding hydrogens is 358 g/mol. The summed E-state index contributed by atoms with van der Waals surface area (Å²) in [5.74, 6) is -0.461. The molecule has 1 aromatic carbocycles. The van der Waals surface area contributed by atoms with Crippen molar-refractivity contribution in [2.24, 2.45) is 0 Å². The van der Waals surface area contributed by atoms with E-state index in [4.69, 9.17) is 9.47 Å². The Kier molecular flexibility index (Phi) is 4.38. The molecule has 1 aromatic rings. The fourth-order valence-electron chi connectivity index (χ4n) is 2.88. The highest BCUT2D eigenvalue weighted by Crippen LogP contribution is 2.36.